The quantitative estimate of drug-likeness (QED) is 0.834. The molecule has 0 saturated heterocycles. The third-order valence-corrected chi connectivity index (χ3v) is 4.51. The van der Waals surface area contributed by atoms with Crippen LogP contribution in [0.4, 0.5) is 0 Å². The smallest absolute Gasteiger partial charge is 0.185 e. The zero-order valence-corrected chi connectivity index (χ0v) is 12.2. The molecule has 1 aromatic carbocycles. The highest BCUT2D eigenvalue weighted by atomic mass is 32.2. The minimum Gasteiger partial charge on any atom is -0.389 e. The van der Waals surface area contributed by atoms with Gasteiger partial charge in [-0.15, -0.1) is 0 Å². The molecule has 7 heteroatoms. The number of rotatable bonds is 5. The van der Waals surface area contributed by atoms with Crippen LogP contribution < -0.4 is 0 Å². The maximum Gasteiger partial charge on any atom is 0.185 e. The number of hydrogen-bond donors (Lipinski definition) is 2. The van der Waals surface area contributed by atoms with Gasteiger partial charge >= 0.3 is 0 Å². The molecule has 0 amide bonds. The van der Waals surface area contributed by atoms with Gasteiger partial charge in [-0.3, -0.25) is 4.79 Å². The van der Waals surface area contributed by atoms with E-state index in [0.29, 0.717) is 5.56 Å². The Kier molecular flexibility index (Phi) is 5.54. The maximum absolute atomic E-state index is 11.3. The molecular formula is C12H16O5S2. The zero-order valence-electron chi connectivity index (χ0n) is 10.6. The molecule has 0 aliphatic heterocycles. The summed E-state index contributed by atoms with van der Waals surface area (Å²) in [4.78, 5) is 10.9. The summed E-state index contributed by atoms with van der Waals surface area (Å²) in [6.45, 7) is 1.38. The van der Waals surface area contributed by atoms with Crippen molar-refractivity contribution >= 4 is 26.7 Å². The third kappa shape index (κ3) is 4.94. The number of carbonyl (C=O) groups excluding carboxylic acids is 1. The molecule has 2 N–H and O–H groups in total. The molecule has 0 bridgehead atoms. The van der Waals surface area contributed by atoms with Crippen LogP contribution in [0, 0.1) is 0 Å². The third-order valence-electron chi connectivity index (χ3n) is 2.47. The molecule has 0 aromatic heterocycles. The van der Waals surface area contributed by atoms with E-state index in [1.54, 1.807) is 0 Å². The van der Waals surface area contributed by atoms with Crippen LogP contribution in [0.1, 0.15) is 18.6 Å². The van der Waals surface area contributed by atoms with E-state index in [4.69, 9.17) is 0 Å². The molecule has 0 radical (unpaired) electrons. The van der Waals surface area contributed by atoms with Crippen molar-refractivity contribution < 1.29 is 23.4 Å². The van der Waals surface area contributed by atoms with E-state index >= 15 is 0 Å². The summed E-state index contributed by atoms with van der Waals surface area (Å²) in [7, 11) is -3.28. The number of benzene rings is 1. The lowest BCUT2D eigenvalue weighted by atomic mass is 10.1. The number of thioether (sulfide) groups is 1. The van der Waals surface area contributed by atoms with Crippen molar-refractivity contribution in [1.29, 1.82) is 0 Å². The summed E-state index contributed by atoms with van der Waals surface area (Å²) in [6.07, 6.45) is -1.14. The predicted molar refractivity (Wildman–Crippen MR) is 73.7 cm³/mol. The highest BCUT2D eigenvalue weighted by Gasteiger charge is 2.19. The Labute approximate surface area is 116 Å². The maximum atomic E-state index is 11.3. The summed E-state index contributed by atoms with van der Waals surface area (Å²) in [5.41, 5.74) is 0.407. The second-order valence-corrected chi connectivity index (χ2v) is 7.37. The Balaban J connectivity index is 2.77. The van der Waals surface area contributed by atoms with Crippen LogP contribution in [-0.2, 0) is 14.6 Å². The topological polar surface area (TPSA) is 91.7 Å². The molecule has 0 spiro atoms. The minimum absolute atomic E-state index is 0.0876. The van der Waals surface area contributed by atoms with Gasteiger partial charge in [0.15, 0.2) is 15.0 Å². The first-order chi connectivity index (χ1) is 8.71. The van der Waals surface area contributed by atoms with Gasteiger partial charge in [-0.25, -0.2) is 8.42 Å². The van der Waals surface area contributed by atoms with Crippen LogP contribution in [-0.4, -0.2) is 41.9 Å². The molecule has 106 valence electrons. The summed E-state index contributed by atoms with van der Waals surface area (Å²) in [6, 6.07) is 5.64. The molecular weight excluding hydrogens is 288 g/mol. The van der Waals surface area contributed by atoms with E-state index in [-0.39, 0.29) is 15.8 Å². The van der Waals surface area contributed by atoms with Gasteiger partial charge in [-0.1, -0.05) is 23.9 Å². The van der Waals surface area contributed by atoms with Crippen LogP contribution in [0.5, 0.6) is 0 Å². The van der Waals surface area contributed by atoms with E-state index in [1.807, 2.05) is 0 Å². The number of aliphatic hydroxyl groups is 2. The van der Waals surface area contributed by atoms with Gasteiger partial charge in [0.05, 0.1) is 11.0 Å². The fourth-order valence-electron chi connectivity index (χ4n) is 1.43. The summed E-state index contributed by atoms with van der Waals surface area (Å²) in [5, 5.41) is 19.4. The zero-order chi connectivity index (χ0) is 14.6. The van der Waals surface area contributed by atoms with E-state index in [1.165, 1.54) is 31.2 Å². The van der Waals surface area contributed by atoms with E-state index in [9.17, 15) is 23.4 Å². The van der Waals surface area contributed by atoms with Crippen molar-refractivity contribution in [2.24, 2.45) is 0 Å². The molecule has 0 aliphatic rings. The predicted octanol–water partition coefficient (Wildman–Crippen LogP) is 0.764. The van der Waals surface area contributed by atoms with Crippen molar-refractivity contribution in [3.8, 4) is 0 Å². The first kappa shape index (κ1) is 16.2. The molecule has 1 rings (SSSR count). The summed E-state index contributed by atoms with van der Waals surface area (Å²) in [5.74, 6) is 0.0876. The lowest BCUT2D eigenvalue weighted by molar-refractivity contribution is -0.109. The Morgan fingerprint density at radius 2 is 1.79 bits per heavy atom. The Bertz CT molecular complexity index is 536. The molecule has 0 aliphatic carbocycles. The van der Waals surface area contributed by atoms with Crippen molar-refractivity contribution in [1.82, 2.24) is 0 Å². The van der Waals surface area contributed by atoms with Crippen LogP contribution in [0.3, 0.4) is 0 Å². The molecule has 0 fully saturated rings. The van der Waals surface area contributed by atoms with Gasteiger partial charge in [0.2, 0.25) is 0 Å². The van der Waals surface area contributed by atoms with E-state index in [0.717, 1.165) is 18.0 Å². The Morgan fingerprint density at radius 3 is 2.21 bits per heavy atom. The monoisotopic (exact) mass is 304 g/mol. The summed E-state index contributed by atoms with van der Waals surface area (Å²) >= 11 is 0.925. The highest BCUT2D eigenvalue weighted by Crippen LogP contribution is 2.21. The van der Waals surface area contributed by atoms with Crippen molar-refractivity contribution in [3.05, 3.63) is 29.8 Å². The van der Waals surface area contributed by atoms with Gasteiger partial charge in [-0.05, 0) is 17.7 Å². The van der Waals surface area contributed by atoms with Gasteiger partial charge in [0, 0.05) is 18.9 Å². The van der Waals surface area contributed by atoms with Crippen LogP contribution in [0.25, 0.3) is 0 Å². The van der Waals surface area contributed by atoms with Crippen molar-refractivity contribution in [2.45, 2.75) is 24.0 Å². The van der Waals surface area contributed by atoms with Crippen molar-refractivity contribution in [3.63, 3.8) is 0 Å². The molecule has 0 heterocycles. The van der Waals surface area contributed by atoms with E-state index in [2.05, 4.69) is 0 Å². The van der Waals surface area contributed by atoms with Crippen LogP contribution in [0.2, 0.25) is 0 Å². The largest absolute Gasteiger partial charge is 0.389 e. The fourth-order valence-corrected chi connectivity index (χ4v) is 2.65. The van der Waals surface area contributed by atoms with Gasteiger partial charge in [-0.2, -0.15) is 0 Å². The number of sulfone groups is 1. The lowest BCUT2D eigenvalue weighted by Gasteiger charge is -2.17. The van der Waals surface area contributed by atoms with E-state index < -0.39 is 22.0 Å². The Morgan fingerprint density at radius 1 is 1.26 bits per heavy atom. The molecule has 1 aromatic rings. The van der Waals surface area contributed by atoms with Crippen LogP contribution in [0.15, 0.2) is 29.2 Å². The number of hydrogen-bond acceptors (Lipinski definition) is 6. The van der Waals surface area contributed by atoms with Gasteiger partial charge in [0.1, 0.15) is 6.10 Å². The lowest BCUT2D eigenvalue weighted by Crippen LogP contribution is -2.21. The first-order valence-electron chi connectivity index (χ1n) is 5.51. The number of carbonyl (C=O) groups is 1. The average Bonchev–Trinajstić information content (AvgIpc) is 2.34. The molecule has 2 unspecified atom stereocenters. The normalized spacial score (nSPS) is 14.9. The standard InChI is InChI=1S/C12H16O5S2/c1-8(13)18-7-11(14)12(15)9-3-5-10(6-4-9)19(2,16)17/h3-6,11-12,14-15H,7H2,1-2H3. The SMILES string of the molecule is CC(=O)SCC(O)C(O)c1ccc(S(C)(=O)=O)cc1. The number of aliphatic hydroxyl groups excluding tert-OH is 2. The minimum atomic E-state index is -3.28. The summed E-state index contributed by atoms with van der Waals surface area (Å²) < 4.78 is 22.5. The van der Waals surface area contributed by atoms with Crippen LogP contribution >= 0.6 is 11.8 Å². The van der Waals surface area contributed by atoms with Crippen molar-refractivity contribution in [2.75, 3.05) is 12.0 Å². The highest BCUT2D eigenvalue weighted by molar-refractivity contribution is 8.13. The first-order valence-corrected chi connectivity index (χ1v) is 8.39. The second-order valence-electron chi connectivity index (χ2n) is 4.16. The molecule has 5 nitrogen and oxygen atoms in total. The Hall–Kier alpha value is -0.890. The average molecular weight is 304 g/mol. The van der Waals surface area contributed by atoms with Gasteiger partial charge < -0.3 is 10.2 Å². The molecule has 0 saturated carbocycles. The molecule has 2 atom stereocenters. The fraction of sp³-hybridized carbons (Fsp3) is 0.417. The van der Waals surface area contributed by atoms with Gasteiger partial charge in [0.25, 0.3) is 0 Å². The second kappa shape index (κ2) is 6.51. The molecule has 19 heavy (non-hydrogen) atoms.